The maximum atomic E-state index is 12.7. The van der Waals surface area contributed by atoms with E-state index in [9.17, 15) is 9.59 Å². The van der Waals surface area contributed by atoms with Crippen LogP contribution in [0.2, 0.25) is 0 Å². The Kier molecular flexibility index (Phi) is 10.7. The smallest absolute Gasteiger partial charge is 0.333 e. The highest BCUT2D eigenvalue weighted by molar-refractivity contribution is 5.86. The number of carbonyl (C=O) groups excluding carboxylic acids is 2. The van der Waals surface area contributed by atoms with Gasteiger partial charge in [-0.25, -0.2) is 4.79 Å². The molecular formula is C28H46O5. The summed E-state index contributed by atoms with van der Waals surface area (Å²) in [5.74, 6) is 2.38. The highest BCUT2D eigenvalue weighted by Gasteiger charge is 2.34. The third-order valence-corrected chi connectivity index (χ3v) is 8.28. The molecule has 0 unspecified atom stereocenters. The van der Waals surface area contributed by atoms with E-state index in [2.05, 4.69) is 13.5 Å². The lowest BCUT2D eigenvalue weighted by Crippen LogP contribution is -2.33. The topological polar surface area (TPSA) is 61.8 Å². The quantitative estimate of drug-likeness (QED) is 0.214. The Balaban J connectivity index is 1.27. The Morgan fingerprint density at radius 3 is 1.94 bits per heavy atom. The minimum Gasteiger partial charge on any atom is -0.462 e. The van der Waals surface area contributed by atoms with Crippen LogP contribution in [-0.4, -0.2) is 37.4 Å². The number of hydrogen-bond donors (Lipinski definition) is 0. The Hall–Kier alpha value is -1.36. The number of ether oxygens (including phenoxy) is 3. The van der Waals surface area contributed by atoms with Crippen LogP contribution in [0.15, 0.2) is 12.2 Å². The van der Waals surface area contributed by atoms with Crippen molar-refractivity contribution in [2.45, 2.75) is 116 Å². The number of hydrogen-bond acceptors (Lipinski definition) is 5. The zero-order valence-corrected chi connectivity index (χ0v) is 21.0. The third kappa shape index (κ3) is 8.42. The molecule has 0 aliphatic heterocycles. The van der Waals surface area contributed by atoms with Crippen molar-refractivity contribution in [1.29, 1.82) is 0 Å². The van der Waals surface area contributed by atoms with Gasteiger partial charge in [-0.3, -0.25) is 4.79 Å². The molecule has 0 bridgehead atoms. The first-order valence-electron chi connectivity index (χ1n) is 13.6. The molecule has 0 N–H and O–H groups in total. The lowest BCUT2D eigenvalue weighted by Gasteiger charge is -2.38. The van der Waals surface area contributed by atoms with Crippen molar-refractivity contribution in [2.24, 2.45) is 23.7 Å². The van der Waals surface area contributed by atoms with E-state index in [4.69, 9.17) is 14.2 Å². The lowest BCUT2D eigenvalue weighted by atomic mass is 9.70. The average Bonchev–Trinajstić information content (AvgIpc) is 2.83. The molecule has 0 aromatic heterocycles. The Labute approximate surface area is 201 Å². The molecule has 3 aliphatic rings. The summed E-state index contributed by atoms with van der Waals surface area (Å²) in [4.78, 5) is 24.1. The molecule has 0 heterocycles. The van der Waals surface area contributed by atoms with Crippen molar-refractivity contribution in [3.05, 3.63) is 12.2 Å². The first kappa shape index (κ1) is 26.2. The summed E-state index contributed by atoms with van der Waals surface area (Å²) in [6.07, 6.45) is 16.6. The van der Waals surface area contributed by atoms with Gasteiger partial charge in [0.1, 0.15) is 12.7 Å². The van der Waals surface area contributed by atoms with Gasteiger partial charge in [-0.2, -0.15) is 0 Å². The van der Waals surface area contributed by atoms with Crippen LogP contribution in [-0.2, 0) is 23.8 Å². The van der Waals surface area contributed by atoms with Gasteiger partial charge in [0.15, 0.2) is 0 Å². The van der Waals surface area contributed by atoms with Crippen molar-refractivity contribution >= 4 is 11.9 Å². The minimum absolute atomic E-state index is 0.00682. The second-order valence-electron chi connectivity index (χ2n) is 10.8. The molecule has 33 heavy (non-hydrogen) atoms. The van der Waals surface area contributed by atoms with Crippen LogP contribution < -0.4 is 0 Å². The van der Waals surface area contributed by atoms with Crippen LogP contribution in [0.1, 0.15) is 104 Å². The molecule has 0 aromatic carbocycles. The zero-order chi connectivity index (χ0) is 23.6. The van der Waals surface area contributed by atoms with Crippen LogP contribution in [0.4, 0.5) is 0 Å². The molecule has 188 valence electrons. The molecule has 3 rings (SSSR count). The maximum absolute atomic E-state index is 12.7. The average molecular weight is 463 g/mol. The Morgan fingerprint density at radius 1 is 0.788 bits per heavy atom. The van der Waals surface area contributed by atoms with Crippen LogP contribution >= 0.6 is 0 Å². The van der Waals surface area contributed by atoms with Crippen molar-refractivity contribution in [3.8, 4) is 0 Å². The fourth-order valence-corrected chi connectivity index (χ4v) is 6.23. The van der Waals surface area contributed by atoms with E-state index >= 15 is 0 Å². The van der Waals surface area contributed by atoms with Crippen molar-refractivity contribution in [2.75, 3.05) is 13.2 Å². The molecule has 5 nitrogen and oxygen atoms in total. The van der Waals surface area contributed by atoms with E-state index in [1.54, 1.807) is 6.92 Å². The number of carbonyl (C=O) groups is 2. The lowest BCUT2D eigenvalue weighted by molar-refractivity contribution is -0.158. The summed E-state index contributed by atoms with van der Waals surface area (Å²) in [7, 11) is 0. The summed E-state index contributed by atoms with van der Waals surface area (Å²) >= 11 is 0. The second-order valence-corrected chi connectivity index (χ2v) is 10.8. The predicted octanol–water partition coefficient (Wildman–Crippen LogP) is 6.39. The third-order valence-electron chi connectivity index (χ3n) is 8.28. The van der Waals surface area contributed by atoms with E-state index in [0.717, 1.165) is 56.3 Å². The molecule has 3 fully saturated rings. The standard InChI is InChI=1S/C28H46O5/c1-4-5-21-6-8-22(9-7-21)23-10-16-26(17-11-23)33-28(30)24-12-14-25(15-13-24)31-18-19-32-27(29)20(2)3/h21-26H,2,4-19H2,1,3H3. The van der Waals surface area contributed by atoms with E-state index in [0.29, 0.717) is 12.2 Å². The largest absolute Gasteiger partial charge is 0.462 e. The summed E-state index contributed by atoms with van der Waals surface area (Å²) in [5.41, 5.74) is 0.400. The van der Waals surface area contributed by atoms with Gasteiger partial charge in [-0.1, -0.05) is 39.2 Å². The first-order chi connectivity index (χ1) is 16.0. The van der Waals surface area contributed by atoms with Gasteiger partial charge in [0.2, 0.25) is 0 Å². The molecule has 0 saturated heterocycles. The van der Waals surface area contributed by atoms with E-state index < -0.39 is 0 Å². The monoisotopic (exact) mass is 462 g/mol. The van der Waals surface area contributed by atoms with Crippen LogP contribution in [0.25, 0.3) is 0 Å². The summed E-state index contributed by atoms with van der Waals surface area (Å²) in [6.45, 7) is 8.14. The summed E-state index contributed by atoms with van der Waals surface area (Å²) in [6, 6.07) is 0. The highest BCUT2D eigenvalue weighted by Crippen LogP contribution is 2.41. The van der Waals surface area contributed by atoms with E-state index in [1.165, 1.54) is 51.4 Å². The first-order valence-corrected chi connectivity index (χ1v) is 13.6. The van der Waals surface area contributed by atoms with Gasteiger partial charge in [-0.05, 0) is 88.9 Å². The SMILES string of the molecule is C=C(C)C(=O)OCCOC1CCC(C(=O)OC2CCC(C3CCC(CCC)CC3)CC2)CC1. The fourth-order valence-electron chi connectivity index (χ4n) is 6.23. The molecule has 3 saturated carbocycles. The van der Waals surface area contributed by atoms with E-state index in [-0.39, 0.29) is 36.7 Å². The molecular weight excluding hydrogens is 416 g/mol. The fraction of sp³-hybridized carbons (Fsp3) is 0.857. The summed E-state index contributed by atoms with van der Waals surface area (Å²) in [5, 5.41) is 0. The zero-order valence-electron chi connectivity index (χ0n) is 21.0. The van der Waals surface area contributed by atoms with E-state index in [1.807, 2.05) is 0 Å². The molecule has 0 atom stereocenters. The number of rotatable bonds is 10. The highest BCUT2D eigenvalue weighted by atomic mass is 16.6. The second kappa shape index (κ2) is 13.5. The van der Waals surface area contributed by atoms with Gasteiger partial charge in [0.25, 0.3) is 0 Å². The molecule has 5 heteroatoms. The van der Waals surface area contributed by atoms with Crippen LogP contribution in [0, 0.1) is 23.7 Å². The van der Waals surface area contributed by atoms with Crippen LogP contribution in [0.5, 0.6) is 0 Å². The van der Waals surface area contributed by atoms with Gasteiger partial charge in [0, 0.05) is 5.57 Å². The number of esters is 2. The van der Waals surface area contributed by atoms with Crippen LogP contribution in [0.3, 0.4) is 0 Å². The molecule has 3 aliphatic carbocycles. The maximum Gasteiger partial charge on any atom is 0.333 e. The predicted molar refractivity (Wildman–Crippen MR) is 130 cm³/mol. The Morgan fingerprint density at radius 2 is 1.36 bits per heavy atom. The van der Waals surface area contributed by atoms with Crippen molar-refractivity contribution in [3.63, 3.8) is 0 Å². The normalized spacial score (nSPS) is 32.7. The molecule has 0 spiro atoms. The van der Waals surface area contributed by atoms with Gasteiger partial charge in [0.05, 0.1) is 18.6 Å². The van der Waals surface area contributed by atoms with Gasteiger partial charge >= 0.3 is 11.9 Å². The summed E-state index contributed by atoms with van der Waals surface area (Å²) < 4.78 is 16.8. The van der Waals surface area contributed by atoms with Crippen molar-refractivity contribution < 1.29 is 23.8 Å². The molecule has 0 amide bonds. The minimum atomic E-state index is -0.376. The van der Waals surface area contributed by atoms with Crippen molar-refractivity contribution in [1.82, 2.24) is 0 Å². The Bertz CT molecular complexity index is 620. The molecule has 0 radical (unpaired) electrons. The molecule has 0 aromatic rings. The van der Waals surface area contributed by atoms with Gasteiger partial charge in [-0.15, -0.1) is 0 Å². The van der Waals surface area contributed by atoms with Gasteiger partial charge < -0.3 is 14.2 Å².